The van der Waals surface area contributed by atoms with E-state index in [1.165, 1.54) is 14.2 Å². The average Bonchev–Trinajstić information content (AvgIpc) is 2.95. The fourth-order valence-electron chi connectivity index (χ4n) is 1.71. The molecule has 4 nitrogen and oxygen atoms in total. The van der Waals surface area contributed by atoms with Crippen molar-refractivity contribution in [2.75, 3.05) is 14.2 Å². The lowest BCUT2D eigenvalue weighted by molar-refractivity contribution is -0.162. The summed E-state index contributed by atoms with van der Waals surface area (Å²) in [6.07, 6.45) is -0.0147. The summed E-state index contributed by atoms with van der Waals surface area (Å²) in [5.41, 5.74) is 0. The molecular formula is C11H18O4. The molecule has 0 aromatic carbocycles. The van der Waals surface area contributed by atoms with E-state index in [9.17, 15) is 9.59 Å². The number of hydrogen-bond acceptors (Lipinski definition) is 4. The Kier molecular flexibility index (Phi) is 3.99. The minimum absolute atomic E-state index is 0.0200. The molecule has 0 bridgehead atoms. The molecule has 0 radical (unpaired) electrons. The molecule has 0 aliphatic heterocycles. The molecule has 1 saturated carbocycles. The van der Waals surface area contributed by atoms with E-state index in [1.807, 2.05) is 6.92 Å². The molecule has 0 saturated heterocycles. The molecule has 1 rings (SSSR count). The monoisotopic (exact) mass is 214 g/mol. The molecule has 0 aromatic rings. The Bertz CT molecular complexity index is 257. The van der Waals surface area contributed by atoms with Gasteiger partial charge in [0.05, 0.1) is 5.92 Å². The van der Waals surface area contributed by atoms with Crippen LogP contribution in [0.2, 0.25) is 0 Å². The Morgan fingerprint density at radius 2 is 1.73 bits per heavy atom. The number of hydrogen-bond donors (Lipinski definition) is 0. The summed E-state index contributed by atoms with van der Waals surface area (Å²) in [5.74, 6) is -0.393. The van der Waals surface area contributed by atoms with Gasteiger partial charge in [-0.2, -0.15) is 0 Å². The Morgan fingerprint density at radius 3 is 2.07 bits per heavy atom. The number of carbonyl (C=O) groups is 2. The van der Waals surface area contributed by atoms with Crippen molar-refractivity contribution in [1.82, 2.24) is 0 Å². The summed E-state index contributed by atoms with van der Waals surface area (Å²) >= 11 is 0. The van der Waals surface area contributed by atoms with Gasteiger partial charge in [-0.15, -0.1) is 0 Å². The summed E-state index contributed by atoms with van der Waals surface area (Å²) in [5, 5.41) is 0. The van der Waals surface area contributed by atoms with Gasteiger partial charge in [0.1, 0.15) is 5.78 Å². The minimum Gasteiger partial charge on any atom is -0.349 e. The highest BCUT2D eigenvalue weighted by Crippen LogP contribution is 2.40. The van der Waals surface area contributed by atoms with Crippen molar-refractivity contribution in [1.29, 1.82) is 0 Å². The van der Waals surface area contributed by atoms with Crippen LogP contribution in [0.3, 0.4) is 0 Å². The van der Waals surface area contributed by atoms with Crippen molar-refractivity contribution in [3.63, 3.8) is 0 Å². The molecule has 0 spiro atoms. The Balaban J connectivity index is 2.55. The molecule has 3 atom stereocenters. The summed E-state index contributed by atoms with van der Waals surface area (Å²) in [6, 6.07) is 0. The predicted octanol–water partition coefficient (Wildman–Crippen LogP) is 1.04. The Morgan fingerprint density at radius 1 is 1.27 bits per heavy atom. The van der Waals surface area contributed by atoms with Crippen LogP contribution in [0.4, 0.5) is 0 Å². The van der Waals surface area contributed by atoms with Crippen LogP contribution in [0.15, 0.2) is 0 Å². The van der Waals surface area contributed by atoms with E-state index in [-0.39, 0.29) is 17.5 Å². The van der Waals surface area contributed by atoms with Crippen LogP contribution < -0.4 is 0 Å². The van der Waals surface area contributed by atoms with E-state index in [2.05, 4.69) is 0 Å². The number of ketones is 2. The second-order valence-electron chi connectivity index (χ2n) is 4.15. The largest absolute Gasteiger partial charge is 0.349 e. The van der Waals surface area contributed by atoms with Crippen LogP contribution >= 0.6 is 0 Å². The highest BCUT2D eigenvalue weighted by atomic mass is 16.7. The van der Waals surface area contributed by atoms with Gasteiger partial charge < -0.3 is 9.47 Å². The standard InChI is InChI=1S/C11H18O4/c1-6-5-8(6)9(12)7(2)10(13)11(14-3)15-4/h6-8,11H,5H2,1-4H3. The normalized spacial score (nSPS) is 26.5. The third-order valence-electron chi connectivity index (χ3n) is 2.99. The van der Waals surface area contributed by atoms with E-state index in [4.69, 9.17) is 9.47 Å². The van der Waals surface area contributed by atoms with Gasteiger partial charge in [0.25, 0.3) is 0 Å². The molecule has 15 heavy (non-hydrogen) atoms. The predicted molar refractivity (Wildman–Crippen MR) is 54.3 cm³/mol. The summed E-state index contributed by atoms with van der Waals surface area (Å²) < 4.78 is 9.67. The summed E-state index contributed by atoms with van der Waals surface area (Å²) in [6.45, 7) is 3.64. The molecule has 86 valence electrons. The van der Waals surface area contributed by atoms with Crippen LogP contribution in [0.1, 0.15) is 20.3 Å². The second kappa shape index (κ2) is 4.86. The molecule has 1 fully saturated rings. The zero-order chi connectivity index (χ0) is 11.6. The molecule has 0 amide bonds. The summed E-state index contributed by atoms with van der Waals surface area (Å²) in [4.78, 5) is 23.5. The highest BCUT2D eigenvalue weighted by Gasteiger charge is 2.43. The van der Waals surface area contributed by atoms with Gasteiger partial charge in [-0.25, -0.2) is 0 Å². The van der Waals surface area contributed by atoms with Crippen LogP contribution in [0, 0.1) is 17.8 Å². The van der Waals surface area contributed by atoms with Gasteiger partial charge in [0.2, 0.25) is 6.29 Å². The van der Waals surface area contributed by atoms with E-state index >= 15 is 0 Å². The maximum absolute atomic E-state index is 11.8. The molecular weight excluding hydrogens is 196 g/mol. The first-order valence-electron chi connectivity index (χ1n) is 5.16. The van der Waals surface area contributed by atoms with Crippen LogP contribution in [-0.2, 0) is 19.1 Å². The molecule has 3 unspecified atom stereocenters. The van der Waals surface area contributed by atoms with Crippen LogP contribution in [-0.4, -0.2) is 32.1 Å². The average molecular weight is 214 g/mol. The zero-order valence-corrected chi connectivity index (χ0v) is 9.65. The van der Waals surface area contributed by atoms with Crippen molar-refractivity contribution in [2.24, 2.45) is 17.8 Å². The van der Waals surface area contributed by atoms with Gasteiger partial charge in [0, 0.05) is 20.1 Å². The van der Waals surface area contributed by atoms with Crippen molar-refractivity contribution in [3.8, 4) is 0 Å². The maximum Gasteiger partial charge on any atom is 0.218 e. The fourth-order valence-corrected chi connectivity index (χ4v) is 1.71. The SMILES string of the molecule is COC(OC)C(=O)C(C)C(=O)C1CC1C. The minimum atomic E-state index is -0.919. The Hall–Kier alpha value is -0.740. The number of rotatable bonds is 6. The number of Topliss-reactive ketones (excluding diaryl/α,β-unsaturated/α-hetero) is 2. The highest BCUT2D eigenvalue weighted by molar-refractivity contribution is 6.05. The van der Waals surface area contributed by atoms with Crippen molar-refractivity contribution in [3.05, 3.63) is 0 Å². The molecule has 1 aliphatic carbocycles. The second-order valence-corrected chi connectivity index (χ2v) is 4.15. The molecule has 0 heterocycles. The lowest BCUT2D eigenvalue weighted by Crippen LogP contribution is -2.34. The van der Waals surface area contributed by atoms with Crippen molar-refractivity contribution in [2.45, 2.75) is 26.6 Å². The first-order chi connectivity index (χ1) is 7.02. The van der Waals surface area contributed by atoms with E-state index in [0.717, 1.165) is 6.42 Å². The third kappa shape index (κ3) is 2.63. The van der Waals surface area contributed by atoms with Gasteiger partial charge >= 0.3 is 0 Å². The lowest BCUT2D eigenvalue weighted by Gasteiger charge is -2.16. The fraction of sp³-hybridized carbons (Fsp3) is 0.818. The molecule has 0 aromatic heterocycles. The molecule has 1 aliphatic rings. The Labute approximate surface area is 89.9 Å². The van der Waals surface area contributed by atoms with Crippen LogP contribution in [0.5, 0.6) is 0 Å². The van der Waals surface area contributed by atoms with Gasteiger partial charge in [-0.3, -0.25) is 9.59 Å². The maximum atomic E-state index is 11.8. The van der Waals surface area contributed by atoms with Gasteiger partial charge in [-0.1, -0.05) is 6.92 Å². The summed E-state index contributed by atoms with van der Waals surface area (Å²) in [7, 11) is 2.78. The van der Waals surface area contributed by atoms with Crippen molar-refractivity contribution < 1.29 is 19.1 Å². The lowest BCUT2D eigenvalue weighted by atomic mass is 9.96. The number of carbonyl (C=O) groups excluding carboxylic acids is 2. The smallest absolute Gasteiger partial charge is 0.218 e. The number of ether oxygens (including phenoxy) is 2. The van der Waals surface area contributed by atoms with E-state index < -0.39 is 12.2 Å². The third-order valence-corrected chi connectivity index (χ3v) is 2.99. The first kappa shape index (κ1) is 12.3. The van der Waals surface area contributed by atoms with Gasteiger partial charge in [-0.05, 0) is 19.3 Å². The van der Waals surface area contributed by atoms with Gasteiger partial charge in [0.15, 0.2) is 5.78 Å². The zero-order valence-electron chi connectivity index (χ0n) is 9.65. The number of methoxy groups -OCH3 is 2. The molecule has 4 heteroatoms. The van der Waals surface area contributed by atoms with Crippen molar-refractivity contribution >= 4 is 11.6 Å². The first-order valence-corrected chi connectivity index (χ1v) is 5.16. The van der Waals surface area contributed by atoms with E-state index in [0.29, 0.717) is 5.92 Å². The quantitative estimate of drug-likeness (QED) is 0.489. The topological polar surface area (TPSA) is 52.6 Å². The van der Waals surface area contributed by atoms with E-state index in [1.54, 1.807) is 6.92 Å². The molecule has 0 N–H and O–H groups in total. The van der Waals surface area contributed by atoms with Crippen LogP contribution in [0.25, 0.3) is 0 Å².